The lowest BCUT2D eigenvalue weighted by Gasteiger charge is -2.01. The van der Waals surface area contributed by atoms with Gasteiger partial charge in [0.1, 0.15) is 5.03 Å². The van der Waals surface area contributed by atoms with Crippen molar-refractivity contribution < 1.29 is 4.42 Å². The van der Waals surface area contributed by atoms with Gasteiger partial charge in [-0.2, -0.15) is 10.1 Å². The zero-order chi connectivity index (χ0) is 12.5. The van der Waals surface area contributed by atoms with Crippen molar-refractivity contribution in [3.05, 3.63) is 12.1 Å². The minimum Gasteiger partial charge on any atom is -0.416 e. The summed E-state index contributed by atoms with van der Waals surface area (Å²) in [5.41, 5.74) is 2.97. The summed E-state index contributed by atoms with van der Waals surface area (Å²) in [5.74, 6) is 6.08. The Morgan fingerprint density at radius 1 is 1.39 bits per heavy atom. The van der Waals surface area contributed by atoms with Crippen LogP contribution in [0.5, 0.6) is 0 Å². The number of nitrogens with two attached hydrogens (primary N) is 1. The molecule has 3 aromatic heterocycles. The summed E-state index contributed by atoms with van der Waals surface area (Å²) >= 11 is 1.23. The van der Waals surface area contributed by atoms with Crippen LogP contribution in [-0.2, 0) is 0 Å². The number of rotatable bonds is 3. The monoisotopic (exact) mass is 264 g/mol. The van der Waals surface area contributed by atoms with Crippen molar-refractivity contribution >= 4 is 28.7 Å². The lowest BCUT2D eigenvalue weighted by Crippen LogP contribution is -2.10. The van der Waals surface area contributed by atoms with Crippen molar-refractivity contribution in [2.45, 2.75) is 17.2 Å². The normalized spacial score (nSPS) is 11.0. The summed E-state index contributed by atoms with van der Waals surface area (Å²) in [7, 11) is 0. The van der Waals surface area contributed by atoms with Crippen LogP contribution in [0.25, 0.3) is 11.0 Å². The van der Waals surface area contributed by atoms with Crippen LogP contribution in [0.15, 0.2) is 20.9 Å². The molecule has 0 fully saturated rings. The van der Waals surface area contributed by atoms with E-state index in [-0.39, 0.29) is 5.95 Å². The van der Waals surface area contributed by atoms with Gasteiger partial charge in [-0.25, -0.2) is 10.8 Å². The summed E-state index contributed by atoms with van der Waals surface area (Å²) in [6.07, 6.45) is 1.63. The Bertz CT molecular complexity index is 691. The number of H-pyrrole nitrogens is 1. The highest BCUT2D eigenvalue weighted by atomic mass is 32.2. The molecule has 0 amide bonds. The van der Waals surface area contributed by atoms with E-state index in [4.69, 9.17) is 10.3 Å². The fourth-order valence-electron chi connectivity index (χ4n) is 1.35. The topological polar surface area (TPSA) is 131 Å². The number of aromatic amines is 1. The summed E-state index contributed by atoms with van der Waals surface area (Å²) in [4.78, 5) is 8.34. The molecular formula is C8H8N8OS. The average Bonchev–Trinajstić information content (AvgIpc) is 2.98. The van der Waals surface area contributed by atoms with Gasteiger partial charge in [0, 0.05) is 6.92 Å². The Labute approximate surface area is 105 Å². The molecule has 4 N–H and O–H groups in total. The van der Waals surface area contributed by atoms with Gasteiger partial charge in [0.05, 0.1) is 11.6 Å². The second-order valence-electron chi connectivity index (χ2n) is 3.32. The number of aromatic nitrogens is 6. The summed E-state index contributed by atoms with van der Waals surface area (Å²) in [5, 5.41) is 16.1. The Hall–Kier alpha value is -2.20. The molecule has 0 aromatic carbocycles. The molecule has 18 heavy (non-hydrogen) atoms. The Kier molecular flexibility index (Phi) is 2.57. The molecule has 3 rings (SSSR count). The minimum atomic E-state index is 0.283. The maximum atomic E-state index is 5.31. The van der Waals surface area contributed by atoms with Crippen molar-refractivity contribution in [1.82, 2.24) is 30.4 Å². The summed E-state index contributed by atoms with van der Waals surface area (Å²) in [6.45, 7) is 1.72. The quantitative estimate of drug-likeness (QED) is 0.351. The van der Waals surface area contributed by atoms with E-state index in [1.54, 1.807) is 13.1 Å². The first-order valence-electron chi connectivity index (χ1n) is 4.92. The zero-order valence-corrected chi connectivity index (χ0v) is 10.0. The number of anilines is 1. The molecule has 0 bridgehead atoms. The molecule has 0 aliphatic carbocycles. The van der Waals surface area contributed by atoms with E-state index in [9.17, 15) is 0 Å². The molecule has 0 saturated heterocycles. The van der Waals surface area contributed by atoms with Gasteiger partial charge in [-0.3, -0.25) is 10.5 Å². The maximum Gasteiger partial charge on any atom is 0.282 e. The fraction of sp³-hybridized carbons (Fsp3) is 0.125. The van der Waals surface area contributed by atoms with Gasteiger partial charge in [0.25, 0.3) is 5.22 Å². The van der Waals surface area contributed by atoms with Gasteiger partial charge in [0.2, 0.25) is 11.8 Å². The van der Waals surface area contributed by atoms with E-state index in [1.807, 2.05) is 0 Å². The molecule has 3 aromatic rings. The molecule has 3 heterocycles. The highest BCUT2D eigenvalue weighted by Crippen LogP contribution is 2.30. The van der Waals surface area contributed by atoms with Gasteiger partial charge >= 0.3 is 0 Å². The first kappa shape index (κ1) is 10.9. The molecular weight excluding hydrogens is 256 g/mol. The first-order valence-corrected chi connectivity index (χ1v) is 5.73. The highest BCUT2D eigenvalue weighted by molar-refractivity contribution is 7.99. The van der Waals surface area contributed by atoms with E-state index >= 15 is 0 Å². The largest absolute Gasteiger partial charge is 0.416 e. The predicted octanol–water partition coefficient (Wildman–Crippen LogP) is 0.481. The van der Waals surface area contributed by atoms with Gasteiger partial charge in [0.15, 0.2) is 5.65 Å². The number of hydrazine groups is 1. The van der Waals surface area contributed by atoms with Crippen LogP contribution in [0.1, 0.15) is 5.89 Å². The van der Waals surface area contributed by atoms with Gasteiger partial charge in [-0.15, -0.1) is 10.2 Å². The molecule has 0 aliphatic heterocycles. The third-order valence-electron chi connectivity index (χ3n) is 2.10. The van der Waals surface area contributed by atoms with Crippen molar-refractivity contribution in [2.75, 3.05) is 5.43 Å². The number of aryl methyl sites for hydroxylation is 1. The number of hydrogen-bond acceptors (Lipinski definition) is 9. The van der Waals surface area contributed by atoms with Crippen LogP contribution in [0, 0.1) is 6.92 Å². The first-order chi connectivity index (χ1) is 8.76. The van der Waals surface area contributed by atoms with Crippen molar-refractivity contribution in [3.8, 4) is 0 Å². The molecule has 0 radical (unpaired) electrons. The molecule has 0 aliphatic rings. The van der Waals surface area contributed by atoms with Gasteiger partial charge in [-0.05, 0) is 11.8 Å². The van der Waals surface area contributed by atoms with E-state index in [0.29, 0.717) is 21.8 Å². The van der Waals surface area contributed by atoms with Crippen LogP contribution in [0.3, 0.4) is 0 Å². The number of nitrogen functional groups attached to an aromatic ring is 1. The maximum absolute atomic E-state index is 5.31. The predicted molar refractivity (Wildman–Crippen MR) is 62.7 cm³/mol. The SMILES string of the molecule is Cc1nnc(Sc2nc(NN)nc3[nH]ncc23)o1. The summed E-state index contributed by atoms with van der Waals surface area (Å²) < 4.78 is 5.28. The lowest BCUT2D eigenvalue weighted by atomic mass is 10.4. The molecule has 10 heteroatoms. The fourth-order valence-corrected chi connectivity index (χ4v) is 2.15. The number of nitrogens with one attached hydrogen (secondary N) is 2. The second kappa shape index (κ2) is 4.23. The molecule has 92 valence electrons. The van der Waals surface area contributed by atoms with Crippen LogP contribution in [-0.4, -0.2) is 30.4 Å². The Morgan fingerprint density at radius 3 is 3.00 bits per heavy atom. The highest BCUT2D eigenvalue weighted by Gasteiger charge is 2.13. The molecule has 0 saturated carbocycles. The molecule has 0 atom stereocenters. The second-order valence-corrected chi connectivity index (χ2v) is 4.26. The van der Waals surface area contributed by atoms with E-state index in [0.717, 1.165) is 5.39 Å². The van der Waals surface area contributed by atoms with E-state index in [1.165, 1.54) is 11.8 Å². The minimum absolute atomic E-state index is 0.283. The van der Waals surface area contributed by atoms with E-state index < -0.39 is 0 Å². The van der Waals surface area contributed by atoms with Crippen LogP contribution in [0.4, 0.5) is 5.95 Å². The number of hydrogen-bond donors (Lipinski definition) is 3. The molecule has 0 unspecified atom stereocenters. The van der Waals surface area contributed by atoms with Crippen LogP contribution < -0.4 is 11.3 Å². The number of fused-ring (bicyclic) bond motifs is 1. The molecule has 9 nitrogen and oxygen atoms in total. The third kappa shape index (κ3) is 1.87. The van der Waals surface area contributed by atoms with Crippen molar-refractivity contribution in [3.63, 3.8) is 0 Å². The average molecular weight is 264 g/mol. The smallest absolute Gasteiger partial charge is 0.282 e. The van der Waals surface area contributed by atoms with E-state index in [2.05, 4.69) is 35.8 Å². The summed E-state index contributed by atoms with van der Waals surface area (Å²) in [6, 6.07) is 0. The standard InChI is InChI=1S/C8H8N8OS/c1-3-14-16-8(17-3)18-6-4-2-10-15-5(4)11-7(12-6)13-9/h2H,9H2,1H3,(H2,10,11,12,13,15). The van der Waals surface area contributed by atoms with Crippen molar-refractivity contribution in [2.24, 2.45) is 5.84 Å². The lowest BCUT2D eigenvalue weighted by molar-refractivity contribution is 0.429. The van der Waals surface area contributed by atoms with Gasteiger partial charge < -0.3 is 4.42 Å². The van der Waals surface area contributed by atoms with Gasteiger partial charge in [-0.1, -0.05) is 0 Å². The Balaban J connectivity index is 2.06. The third-order valence-corrected chi connectivity index (χ3v) is 2.94. The zero-order valence-electron chi connectivity index (χ0n) is 9.21. The van der Waals surface area contributed by atoms with Crippen LogP contribution in [0.2, 0.25) is 0 Å². The molecule has 0 spiro atoms. The van der Waals surface area contributed by atoms with Crippen LogP contribution >= 0.6 is 11.8 Å². The van der Waals surface area contributed by atoms with Crippen molar-refractivity contribution in [1.29, 1.82) is 0 Å². The Morgan fingerprint density at radius 2 is 2.28 bits per heavy atom. The number of nitrogens with zero attached hydrogens (tertiary/aromatic N) is 5.